The zero-order valence-electron chi connectivity index (χ0n) is 33.9. The number of aliphatic hydroxyl groups excluding tert-OH is 1. The van der Waals surface area contributed by atoms with Gasteiger partial charge in [0.05, 0.1) is 31.7 Å². The number of amides is 2. The zero-order chi connectivity index (χ0) is 42.6. The summed E-state index contributed by atoms with van der Waals surface area (Å²) in [4.78, 5) is 52.5. The molecule has 6 atom stereocenters. The van der Waals surface area contributed by atoms with Gasteiger partial charge in [-0.25, -0.2) is 0 Å². The van der Waals surface area contributed by atoms with Gasteiger partial charge in [-0.3, -0.25) is 24.3 Å². The van der Waals surface area contributed by atoms with E-state index in [1.807, 2.05) is 138 Å². The van der Waals surface area contributed by atoms with Crippen molar-refractivity contribution in [2.24, 2.45) is 5.92 Å². The molecule has 1 aromatic heterocycles. The van der Waals surface area contributed by atoms with E-state index in [4.69, 9.17) is 14.2 Å². The van der Waals surface area contributed by atoms with E-state index >= 15 is 14.4 Å². The smallest absolute Gasteiger partial charge is 0.324 e. The first-order chi connectivity index (χ1) is 30.4. The summed E-state index contributed by atoms with van der Waals surface area (Å²) in [7, 11) is 1.61. The summed E-state index contributed by atoms with van der Waals surface area (Å²) in [5, 5.41) is 16.2. The fourth-order valence-electron chi connectivity index (χ4n) is 9.42. The second-order valence-electron chi connectivity index (χ2n) is 15.4. The van der Waals surface area contributed by atoms with Crippen LogP contribution in [0.2, 0.25) is 0 Å². The average Bonchev–Trinajstić information content (AvgIpc) is 3.79. The zero-order valence-corrected chi connectivity index (χ0v) is 33.9. The summed E-state index contributed by atoms with van der Waals surface area (Å²) in [5.41, 5.74) is 3.54. The molecule has 310 valence electrons. The number of anilines is 1. The summed E-state index contributed by atoms with van der Waals surface area (Å²) in [6.07, 6.45) is 1.29. The quantitative estimate of drug-likeness (QED) is 0.0989. The number of esters is 1. The molecule has 2 saturated heterocycles. The second-order valence-corrected chi connectivity index (χ2v) is 15.4. The van der Waals surface area contributed by atoms with Gasteiger partial charge in [-0.1, -0.05) is 96.8 Å². The van der Waals surface area contributed by atoms with Gasteiger partial charge >= 0.3 is 5.97 Å². The van der Waals surface area contributed by atoms with Gasteiger partial charge in [-0.2, -0.15) is 0 Å². The molecule has 3 aliphatic heterocycles. The minimum absolute atomic E-state index is 0.0255. The number of pyridine rings is 1. The van der Waals surface area contributed by atoms with Crippen LogP contribution in [0.4, 0.5) is 5.69 Å². The maximum atomic E-state index is 15.6. The van der Waals surface area contributed by atoms with Crippen molar-refractivity contribution in [3.63, 3.8) is 0 Å². The van der Waals surface area contributed by atoms with Gasteiger partial charge in [-0.05, 0) is 77.4 Å². The lowest BCUT2D eigenvalue weighted by atomic mass is 9.65. The first-order valence-corrected chi connectivity index (χ1v) is 20.6. The van der Waals surface area contributed by atoms with Crippen molar-refractivity contribution >= 4 is 23.5 Å². The molecule has 0 bridgehead atoms. The van der Waals surface area contributed by atoms with E-state index in [0.717, 1.165) is 22.4 Å². The maximum absolute atomic E-state index is 15.6. The lowest BCUT2D eigenvalue weighted by Gasteiger charge is -2.46. The number of nitrogens with zero attached hydrogens (tertiary/aromatic N) is 2. The van der Waals surface area contributed by atoms with Crippen molar-refractivity contribution in [2.45, 2.75) is 36.1 Å². The number of hydrogen-bond donors (Lipinski definition) is 3. The molecule has 3 aliphatic rings. The molecule has 1 spiro atoms. The van der Waals surface area contributed by atoms with Crippen molar-refractivity contribution in [3.05, 3.63) is 191 Å². The predicted octanol–water partition coefficient (Wildman–Crippen LogP) is 6.49. The van der Waals surface area contributed by atoms with Crippen molar-refractivity contribution in [3.8, 4) is 23.3 Å². The van der Waals surface area contributed by atoms with Crippen molar-refractivity contribution in [1.82, 2.24) is 15.2 Å². The monoisotopic (exact) mass is 824 g/mol. The number of aliphatic hydroxyl groups is 1. The Morgan fingerprint density at radius 3 is 2.26 bits per heavy atom. The molecule has 6 aromatic rings. The Hall–Kier alpha value is -7.26. The van der Waals surface area contributed by atoms with Crippen LogP contribution in [-0.2, 0) is 31.0 Å². The van der Waals surface area contributed by atoms with Crippen LogP contribution < -0.4 is 20.1 Å². The molecule has 11 nitrogen and oxygen atoms in total. The Morgan fingerprint density at radius 1 is 0.839 bits per heavy atom. The number of para-hydroxylation sites is 1. The third kappa shape index (κ3) is 7.23. The molecule has 2 fully saturated rings. The van der Waals surface area contributed by atoms with Gasteiger partial charge in [0.25, 0.3) is 0 Å². The molecule has 0 saturated carbocycles. The van der Waals surface area contributed by atoms with Crippen LogP contribution in [0, 0.1) is 17.8 Å². The number of carbonyl (C=O) groups is 3. The Morgan fingerprint density at radius 2 is 1.53 bits per heavy atom. The maximum Gasteiger partial charge on any atom is 0.324 e. The van der Waals surface area contributed by atoms with Crippen molar-refractivity contribution in [1.29, 1.82) is 0 Å². The highest BCUT2D eigenvalue weighted by atomic mass is 16.6. The van der Waals surface area contributed by atoms with E-state index < -0.39 is 53.3 Å². The standard InChI is InChI=1S/C51H44N4O7/c1-60-38-24-21-33(22-25-38)19-20-34-23-26-41-40(32-34)51(50(59)54-41)43(48(57)53-29-27-37-16-10-11-28-52-37)45-49(58)62-46(36-14-6-3-7-15-36)44(35-12-4-2-5-13-35)55(45)47(51)39-17-8-9-18-42(39)61-31-30-56/h2-18,21-26,28,32,43-47,56H,27,29-31H2,1H3,(H,53,57)(H,54,59)/t43-,44-,45-,46+,47+,51-/m1/s1. The molecular weight excluding hydrogens is 781 g/mol. The number of morpholine rings is 1. The number of ether oxygens (including phenoxy) is 3. The number of nitrogens with one attached hydrogen (secondary N) is 2. The van der Waals surface area contributed by atoms with Gasteiger partial charge in [-0.15, -0.1) is 0 Å². The first-order valence-electron chi connectivity index (χ1n) is 20.6. The predicted molar refractivity (Wildman–Crippen MR) is 232 cm³/mol. The van der Waals surface area contributed by atoms with Crippen LogP contribution >= 0.6 is 0 Å². The van der Waals surface area contributed by atoms with Gasteiger partial charge < -0.3 is 30.0 Å². The number of fused-ring (bicyclic) bond motifs is 3. The van der Waals surface area contributed by atoms with Gasteiger partial charge in [0.2, 0.25) is 11.8 Å². The summed E-state index contributed by atoms with van der Waals surface area (Å²) in [6.45, 7) is -0.0870. The van der Waals surface area contributed by atoms with Crippen LogP contribution in [0.15, 0.2) is 152 Å². The third-order valence-electron chi connectivity index (χ3n) is 12.0. The normalized spacial score (nSPS) is 22.4. The van der Waals surface area contributed by atoms with Crippen LogP contribution in [0.3, 0.4) is 0 Å². The van der Waals surface area contributed by atoms with Crippen LogP contribution in [0.5, 0.6) is 11.5 Å². The molecule has 2 amide bonds. The van der Waals surface area contributed by atoms with Gasteiger partial charge in [0, 0.05) is 47.2 Å². The highest BCUT2D eigenvalue weighted by molar-refractivity contribution is 6.12. The number of hydrogen-bond acceptors (Lipinski definition) is 9. The number of benzene rings is 5. The highest BCUT2D eigenvalue weighted by Crippen LogP contribution is 2.65. The Kier molecular flexibility index (Phi) is 11.3. The van der Waals surface area contributed by atoms with Crippen LogP contribution in [0.25, 0.3) is 0 Å². The van der Waals surface area contributed by atoms with E-state index in [9.17, 15) is 5.11 Å². The van der Waals surface area contributed by atoms with Crippen LogP contribution in [0.1, 0.15) is 57.3 Å². The van der Waals surface area contributed by atoms with E-state index in [0.29, 0.717) is 40.3 Å². The minimum Gasteiger partial charge on any atom is -0.497 e. The third-order valence-corrected chi connectivity index (χ3v) is 12.0. The summed E-state index contributed by atoms with van der Waals surface area (Å²) in [6, 6.07) is 42.1. The van der Waals surface area contributed by atoms with E-state index in [-0.39, 0.29) is 19.8 Å². The molecular formula is C51H44N4O7. The average molecular weight is 825 g/mol. The molecule has 0 aliphatic carbocycles. The van der Waals surface area contributed by atoms with Gasteiger partial charge in [0.15, 0.2) is 0 Å². The van der Waals surface area contributed by atoms with Crippen molar-refractivity contribution in [2.75, 3.05) is 32.2 Å². The summed E-state index contributed by atoms with van der Waals surface area (Å²) < 4.78 is 18.1. The lowest BCUT2D eigenvalue weighted by Crippen LogP contribution is -2.55. The fraction of sp³-hybridized carbons (Fsp3) is 0.216. The SMILES string of the molecule is COc1ccc(C#Cc2ccc3c(c2)[C@]2(C(=O)N3)[C@H](c3ccccc3OCCO)N3[C@H](c4ccccc4)[C@H](c4ccccc4)OC(=O)[C@H]3[C@@H]2C(=O)NCCc2ccccn2)cc1. The summed E-state index contributed by atoms with van der Waals surface area (Å²) in [5.74, 6) is 4.72. The largest absolute Gasteiger partial charge is 0.497 e. The van der Waals surface area contributed by atoms with E-state index in [2.05, 4.69) is 27.5 Å². The second kappa shape index (κ2) is 17.4. The fourth-order valence-corrected chi connectivity index (χ4v) is 9.42. The molecule has 0 unspecified atom stereocenters. The number of aromatic nitrogens is 1. The topological polar surface area (TPSA) is 139 Å². The van der Waals surface area contributed by atoms with Crippen LogP contribution in [-0.4, -0.2) is 65.7 Å². The summed E-state index contributed by atoms with van der Waals surface area (Å²) >= 11 is 0. The van der Waals surface area contributed by atoms with Gasteiger partial charge in [0.1, 0.15) is 35.7 Å². The molecule has 3 N–H and O–H groups in total. The molecule has 5 aromatic carbocycles. The Balaban J connectivity index is 1.29. The molecule has 0 radical (unpaired) electrons. The number of methoxy groups -OCH3 is 1. The minimum atomic E-state index is -1.75. The number of rotatable bonds is 11. The Labute approximate surface area is 359 Å². The molecule has 9 rings (SSSR count). The first kappa shape index (κ1) is 40.2. The van der Waals surface area contributed by atoms with Crippen molar-refractivity contribution < 1.29 is 33.7 Å². The molecule has 11 heteroatoms. The molecule has 62 heavy (non-hydrogen) atoms. The number of carbonyl (C=O) groups excluding carboxylic acids is 3. The Bertz CT molecular complexity index is 2650. The lowest BCUT2D eigenvalue weighted by molar-refractivity contribution is -0.178. The molecule has 4 heterocycles. The van der Waals surface area contributed by atoms with E-state index in [1.165, 1.54) is 0 Å². The highest BCUT2D eigenvalue weighted by Gasteiger charge is 2.74. The van der Waals surface area contributed by atoms with E-state index in [1.54, 1.807) is 25.4 Å². The number of cyclic esters (lactones) is 1.